The maximum atomic E-state index is 12.2. The van der Waals surface area contributed by atoms with Crippen LogP contribution in [0.1, 0.15) is 20.7 Å². The first-order valence-corrected chi connectivity index (χ1v) is 7.37. The summed E-state index contributed by atoms with van der Waals surface area (Å²) in [6, 6.07) is 6.11. The average Bonchev–Trinajstić information content (AvgIpc) is 2.64. The molecule has 0 spiro atoms. The lowest BCUT2D eigenvalue weighted by Gasteiger charge is -2.21. The van der Waals surface area contributed by atoms with E-state index in [9.17, 15) is 14.4 Å². The van der Waals surface area contributed by atoms with E-state index in [4.69, 9.17) is 5.11 Å². The highest BCUT2D eigenvalue weighted by Gasteiger charge is 2.36. The van der Waals surface area contributed by atoms with E-state index in [2.05, 4.69) is 5.32 Å². The minimum atomic E-state index is -1.17. The van der Waals surface area contributed by atoms with E-state index >= 15 is 0 Å². The van der Waals surface area contributed by atoms with E-state index in [0.29, 0.717) is 16.9 Å². The van der Waals surface area contributed by atoms with Gasteiger partial charge in [0, 0.05) is 5.75 Å². The zero-order chi connectivity index (χ0) is 14.7. The summed E-state index contributed by atoms with van der Waals surface area (Å²) in [5.41, 5.74) is 0.742. The Labute approximate surface area is 120 Å². The van der Waals surface area contributed by atoms with E-state index in [-0.39, 0.29) is 18.4 Å². The molecule has 0 radical (unpaired) electrons. The van der Waals surface area contributed by atoms with Crippen LogP contribution in [0, 0.1) is 0 Å². The Morgan fingerprint density at radius 3 is 2.30 bits per heavy atom. The summed E-state index contributed by atoms with van der Waals surface area (Å²) in [5.74, 6) is -0.257. The van der Waals surface area contributed by atoms with Crippen LogP contribution >= 0.6 is 11.8 Å². The maximum Gasteiger partial charge on any atom is 0.404 e. The number of hydrogen-bond acceptors (Lipinski definition) is 4. The van der Waals surface area contributed by atoms with Crippen molar-refractivity contribution in [2.24, 2.45) is 0 Å². The third-order valence-electron chi connectivity index (χ3n) is 2.98. The summed E-state index contributed by atoms with van der Waals surface area (Å²) >= 11 is 1.45. The first kappa shape index (κ1) is 14.4. The Morgan fingerprint density at radius 1 is 1.30 bits per heavy atom. The highest BCUT2D eigenvalue weighted by molar-refractivity contribution is 7.98. The van der Waals surface area contributed by atoms with Crippen LogP contribution in [0.25, 0.3) is 0 Å². The smallest absolute Gasteiger partial charge is 0.404 e. The van der Waals surface area contributed by atoms with Crippen LogP contribution in [-0.4, -0.2) is 52.5 Å². The van der Waals surface area contributed by atoms with Gasteiger partial charge in [0.15, 0.2) is 0 Å². The molecule has 0 saturated heterocycles. The molecule has 1 unspecified atom stereocenters. The summed E-state index contributed by atoms with van der Waals surface area (Å²) in [4.78, 5) is 36.1. The number of benzene rings is 1. The fourth-order valence-corrected chi connectivity index (χ4v) is 2.73. The van der Waals surface area contributed by atoms with E-state index in [1.807, 2.05) is 6.26 Å². The van der Waals surface area contributed by atoms with Crippen molar-refractivity contribution in [2.45, 2.75) is 6.04 Å². The molecular weight excluding hydrogens is 280 g/mol. The zero-order valence-electron chi connectivity index (χ0n) is 10.8. The second kappa shape index (κ2) is 5.96. The van der Waals surface area contributed by atoms with E-state index in [0.717, 1.165) is 4.90 Å². The van der Waals surface area contributed by atoms with Gasteiger partial charge >= 0.3 is 6.09 Å². The van der Waals surface area contributed by atoms with Gasteiger partial charge in [0.1, 0.15) is 0 Å². The minimum absolute atomic E-state index is 0.0412. The number of amides is 3. The monoisotopic (exact) mass is 294 g/mol. The molecule has 0 aliphatic carbocycles. The second-order valence-electron chi connectivity index (χ2n) is 4.37. The summed E-state index contributed by atoms with van der Waals surface area (Å²) in [5, 5.41) is 11.1. The van der Waals surface area contributed by atoms with Crippen LogP contribution < -0.4 is 5.32 Å². The van der Waals surface area contributed by atoms with Crippen LogP contribution in [0.2, 0.25) is 0 Å². The molecule has 1 aliphatic heterocycles. The Morgan fingerprint density at radius 2 is 1.85 bits per heavy atom. The molecule has 0 saturated carbocycles. The summed E-state index contributed by atoms with van der Waals surface area (Å²) < 4.78 is 0. The van der Waals surface area contributed by atoms with Gasteiger partial charge in [-0.25, -0.2) is 4.79 Å². The van der Waals surface area contributed by atoms with Gasteiger partial charge in [0.25, 0.3) is 11.8 Å². The topological polar surface area (TPSA) is 86.7 Å². The van der Waals surface area contributed by atoms with Crippen molar-refractivity contribution in [3.63, 3.8) is 0 Å². The SMILES string of the molecule is CSCC(CN1C(=O)c2ccccc2C1=O)NC(=O)O. The van der Waals surface area contributed by atoms with Crippen molar-refractivity contribution in [2.75, 3.05) is 18.6 Å². The fraction of sp³-hybridized carbons (Fsp3) is 0.308. The Bertz CT molecular complexity index is 526. The third kappa shape index (κ3) is 2.77. The van der Waals surface area contributed by atoms with Crippen molar-refractivity contribution < 1.29 is 19.5 Å². The average molecular weight is 294 g/mol. The number of hydrogen-bond donors (Lipinski definition) is 2. The first-order valence-electron chi connectivity index (χ1n) is 5.98. The Balaban J connectivity index is 2.16. The van der Waals surface area contributed by atoms with E-state index in [1.54, 1.807) is 24.3 Å². The standard InChI is InChI=1S/C13H14N2O4S/c1-20-7-8(14-13(18)19)6-15-11(16)9-4-2-3-5-10(9)12(15)17/h2-5,8,14H,6-7H2,1H3,(H,18,19). The molecule has 3 amide bonds. The molecule has 7 heteroatoms. The zero-order valence-corrected chi connectivity index (χ0v) is 11.6. The van der Waals surface area contributed by atoms with Crippen LogP contribution in [0.5, 0.6) is 0 Å². The molecule has 1 aliphatic rings. The summed E-state index contributed by atoms with van der Waals surface area (Å²) in [6.07, 6.45) is 0.666. The highest BCUT2D eigenvalue weighted by atomic mass is 32.2. The maximum absolute atomic E-state index is 12.2. The number of carboxylic acid groups (broad SMARTS) is 1. The number of carbonyl (C=O) groups excluding carboxylic acids is 2. The molecule has 0 fully saturated rings. The van der Waals surface area contributed by atoms with Crippen molar-refractivity contribution in [3.8, 4) is 0 Å². The molecule has 1 atom stereocenters. The van der Waals surface area contributed by atoms with E-state index in [1.165, 1.54) is 11.8 Å². The van der Waals surface area contributed by atoms with Gasteiger partial charge in [0.05, 0.1) is 23.7 Å². The van der Waals surface area contributed by atoms with Gasteiger partial charge in [-0.15, -0.1) is 0 Å². The molecular formula is C13H14N2O4S. The third-order valence-corrected chi connectivity index (χ3v) is 3.71. The molecule has 1 aromatic carbocycles. The van der Waals surface area contributed by atoms with Crippen molar-refractivity contribution >= 4 is 29.7 Å². The quantitative estimate of drug-likeness (QED) is 0.799. The fourth-order valence-electron chi connectivity index (χ4n) is 2.14. The lowest BCUT2D eigenvalue weighted by molar-refractivity contribution is 0.0640. The predicted octanol–water partition coefficient (Wildman–Crippen LogP) is 1.28. The number of thioether (sulfide) groups is 1. The van der Waals surface area contributed by atoms with Crippen LogP contribution in [0.4, 0.5) is 4.79 Å². The number of rotatable bonds is 5. The Kier molecular flexibility index (Phi) is 4.29. The van der Waals surface area contributed by atoms with Crippen LogP contribution in [-0.2, 0) is 0 Å². The molecule has 20 heavy (non-hydrogen) atoms. The van der Waals surface area contributed by atoms with Crippen LogP contribution in [0.15, 0.2) is 24.3 Å². The largest absolute Gasteiger partial charge is 0.465 e. The molecule has 1 aromatic rings. The van der Waals surface area contributed by atoms with Gasteiger partial charge in [-0.2, -0.15) is 11.8 Å². The Hall–Kier alpha value is -2.02. The minimum Gasteiger partial charge on any atom is -0.465 e. The molecule has 1 heterocycles. The number of carbonyl (C=O) groups is 3. The lowest BCUT2D eigenvalue weighted by Crippen LogP contribution is -2.46. The van der Waals surface area contributed by atoms with Crippen molar-refractivity contribution in [3.05, 3.63) is 35.4 Å². The molecule has 2 N–H and O–H groups in total. The lowest BCUT2D eigenvalue weighted by atomic mass is 10.1. The van der Waals surface area contributed by atoms with Gasteiger partial charge in [-0.3, -0.25) is 14.5 Å². The summed E-state index contributed by atoms with van der Waals surface area (Å²) in [6.45, 7) is 0.0412. The van der Waals surface area contributed by atoms with Gasteiger partial charge in [0.2, 0.25) is 0 Å². The number of fused-ring (bicyclic) bond motifs is 1. The predicted molar refractivity (Wildman–Crippen MR) is 75.1 cm³/mol. The molecule has 6 nitrogen and oxygen atoms in total. The molecule has 0 aromatic heterocycles. The molecule has 106 valence electrons. The highest BCUT2D eigenvalue weighted by Crippen LogP contribution is 2.22. The van der Waals surface area contributed by atoms with Crippen LogP contribution in [0.3, 0.4) is 0 Å². The summed E-state index contributed by atoms with van der Waals surface area (Å²) in [7, 11) is 0. The number of imide groups is 1. The van der Waals surface area contributed by atoms with E-state index < -0.39 is 12.1 Å². The normalized spacial score (nSPS) is 15.2. The van der Waals surface area contributed by atoms with Gasteiger partial charge in [-0.1, -0.05) is 12.1 Å². The number of nitrogens with zero attached hydrogens (tertiary/aromatic N) is 1. The van der Waals surface area contributed by atoms with Gasteiger partial charge < -0.3 is 10.4 Å². The van der Waals surface area contributed by atoms with Crippen molar-refractivity contribution in [1.82, 2.24) is 10.2 Å². The van der Waals surface area contributed by atoms with Gasteiger partial charge in [-0.05, 0) is 18.4 Å². The second-order valence-corrected chi connectivity index (χ2v) is 5.28. The number of nitrogens with one attached hydrogen (secondary N) is 1. The first-order chi connectivity index (χ1) is 9.54. The molecule has 0 bridgehead atoms. The van der Waals surface area contributed by atoms with Crippen molar-refractivity contribution in [1.29, 1.82) is 0 Å². The molecule has 2 rings (SSSR count).